The molecular weight excluding hydrogens is 370 g/mol. The number of hydrogen-bond donors (Lipinski definition) is 1. The zero-order chi connectivity index (χ0) is 19.5. The summed E-state index contributed by atoms with van der Waals surface area (Å²) in [5.74, 6) is -0.176. The first-order valence-electron chi connectivity index (χ1n) is 8.98. The summed E-state index contributed by atoms with van der Waals surface area (Å²) in [6.45, 7) is 1.93. The van der Waals surface area contributed by atoms with Crippen LogP contribution in [0.4, 0.5) is 0 Å². The van der Waals surface area contributed by atoms with Crippen LogP contribution in [-0.4, -0.2) is 15.9 Å². The van der Waals surface area contributed by atoms with E-state index in [1.165, 1.54) is 0 Å². The van der Waals surface area contributed by atoms with Crippen molar-refractivity contribution in [2.24, 2.45) is 0 Å². The van der Waals surface area contributed by atoms with Gasteiger partial charge in [0, 0.05) is 28.4 Å². The fourth-order valence-electron chi connectivity index (χ4n) is 3.15. The van der Waals surface area contributed by atoms with Crippen molar-refractivity contribution >= 4 is 28.4 Å². The SMILES string of the molecule is CC(NC(=O)c1cc(-c2ccccc2)nc2ccncc12)c1cccc(Cl)c1. The van der Waals surface area contributed by atoms with E-state index in [0.29, 0.717) is 10.6 Å². The van der Waals surface area contributed by atoms with E-state index in [4.69, 9.17) is 16.6 Å². The second kappa shape index (κ2) is 7.79. The number of halogens is 1. The minimum atomic E-state index is -0.189. The molecule has 138 valence electrons. The van der Waals surface area contributed by atoms with Crippen molar-refractivity contribution in [1.82, 2.24) is 15.3 Å². The largest absolute Gasteiger partial charge is 0.345 e. The lowest BCUT2D eigenvalue weighted by atomic mass is 10.0. The first kappa shape index (κ1) is 18.1. The monoisotopic (exact) mass is 387 g/mol. The Kier molecular flexibility index (Phi) is 5.04. The van der Waals surface area contributed by atoms with Gasteiger partial charge in [0.1, 0.15) is 0 Å². The standard InChI is InChI=1S/C23H18ClN3O/c1-15(17-8-5-9-18(24)12-17)26-23(28)19-13-22(16-6-3-2-4-7-16)27-21-10-11-25-14-20(19)21/h2-15H,1H3,(H,26,28). The van der Waals surface area contributed by atoms with Gasteiger partial charge in [-0.05, 0) is 36.8 Å². The molecule has 2 aromatic carbocycles. The highest BCUT2D eigenvalue weighted by atomic mass is 35.5. The molecule has 0 spiro atoms. The van der Waals surface area contributed by atoms with Crippen molar-refractivity contribution in [3.05, 3.63) is 95.3 Å². The first-order valence-corrected chi connectivity index (χ1v) is 9.36. The normalized spacial score (nSPS) is 11.9. The van der Waals surface area contributed by atoms with Gasteiger partial charge in [0.25, 0.3) is 5.91 Å². The van der Waals surface area contributed by atoms with E-state index < -0.39 is 0 Å². The number of carbonyl (C=O) groups is 1. The molecule has 1 amide bonds. The molecule has 28 heavy (non-hydrogen) atoms. The predicted molar refractivity (Wildman–Crippen MR) is 112 cm³/mol. The van der Waals surface area contributed by atoms with Crippen LogP contribution in [0.2, 0.25) is 5.02 Å². The van der Waals surface area contributed by atoms with E-state index in [-0.39, 0.29) is 11.9 Å². The van der Waals surface area contributed by atoms with Gasteiger partial charge in [-0.1, -0.05) is 54.1 Å². The van der Waals surface area contributed by atoms with Crippen LogP contribution in [0, 0.1) is 0 Å². The van der Waals surface area contributed by atoms with Crippen molar-refractivity contribution in [2.75, 3.05) is 0 Å². The Bertz CT molecular complexity index is 1140. The Morgan fingerprint density at radius 1 is 1.04 bits per heavy atom. The minimum Gasteiger partial charge on any atom is -0.345 e. The van der Waals surface area contributed by atoms with Crippen molar-refractivity contribution in [3.8, 4) is 11.3 Å². The topological polar surface area (TPSA) is 54.9 Å². The van der Waals surface area contributed by atoms with Crippen molar-refractivity contribution < 1.29 is 4.79 Å². The number of fused-ring (bicyclic) bond motifs is 1. The smallest absolute Gasteiger partial charge is 0.252 e. The average Bonchev–Trinajstić information content (AvgIpc) is 2.73. The molecule has 0 aliphatic carbocycles. The van der Waals surface area contributed by atoms with E-state index in [1.807, 2.05) is 73.7 Å². The third-order valence-corrected chi connectivity index (χ3v) is 4.86. The lowest BCUT2D eigenvalue weighted by Gasteiger charge is -2.16. The van der Waals surface area contributed by atoms with Crippen LogP contribution in [-0.2, 0) is 0 Å². The number of hydrogen-bond acceptors (Lipinski definition) is 3. The summed E-state index contributed by atoms with van der Waals surface area (Å²) in [5.41, 5.74) is 3.93. The zero-order valence-corrected chi connectivity index (χ0v) is 16.0. The van der Waals surface area contributed by atoms with Gasteiger partial charge in [-0.15, -0.1) is 0 Å². The van der Waals surface area contributed by atoms with Gasteiger partial charge in [-0.3, -0.25) is 9.78 Å². The summed E-state index contributed by atoms with van der Waals surface area (Å²) >= 11 is 6.08. The van der Waals surface area contributed by atoms with Crippen LogP contribution in [0.25, 0.3) is 22.2 Å². The van der Waals surface area contributed by atoms with Crippen LogP contribution >= 0.6 is 11.6 Å². The highest BCUT2D eigenvalue weighted by Crippen LogP contribution is 2.25. The number of nitrogens with one attached hydrogen (secondary N) is 1. The lowest BCUT2D eigenvalue weighted by Crippen LogP contribution is -2.27. The minimum absolute atomic E-state index is 0.176. The number of nitrogens with zero attached hydrogens (tertiary/aromatic N) is 2. The molecule has 0 bridgehead atoms. The zero-order valence-electron chi connectivity index (χ0n) is 15.3. The molecule has 0 aliphatic rings. The summed E-state index contributed by atoms with van der Waals surface area (Å²) in [4.78, 5) is 22.0. The second-order valence-corrected chi connectivity index (χ2v) is 7.00. The summed E-state index contributed by atoms with van der Waals surface area (Å²) in [6, 6.07) is 20.7. The molecule has 4 rings (SSSR count). The van der Waals surface area contributed by atoms with Gasteiger partial charge in [0.05, 0.1) is 22.8 Å². The van der Waals surface area contributed by atoms with E-state index in [2.05, 4.69) is 10.3 Å². The number of pyridine rings is 2. The fraction of sp³-hybridized carbons (Fsp3) is 0.0870. The quantitative estimate of drug-likeness (QED) is 0.507. The van der Waals surface area contributed by atoms with Gasteiger partial charge < -0.3 is 5.32 Å². The number of benzene rings is 2. The molecular formula is C23H18ClN3O. The van der Waals surface area contributed by atoms with Crippen LogP contribution in [0.1, 0.15) is 28.9 Å². The molecule has 0 saturated carbocycles. The first-order chi connectivity index (χ1) is 13.6. The summed E-state index contributed by atoms with van der Waals surface area (Å²) in [5, 5.41) is 4.42. The maximum absolute atomic E-state index is 13.1. The molecule has 2 aromatic heterocycles. The molecule has 4 aromatic rings. The Balaban J connectivity index is 1.73. The van der Waals surface area contributed by atoms with Crippen molar-refractivity contribution in [1.29, 1.82) is 0 Å². The van der Waals surface area contributed by atoms with Gasteiger partial charge in [0.15, 0.2) is 0 Å². The van der Waals surface area contributed by atoms with E-state index in [1.54, 1.807) is 12.4 Å². The molecule has 2 heterocycles. The van der Waals surface area contributed by atoms with Crippen LogP contribution in [0.15, 0.2) is 79.1 Å². The number of rotatable bonds is 4. The number of aromatic nitrogens is 2. The fourth-order valence-corrected chi connectivity index (χ4v) is 3.35. The van der Waals surface area contributed by atoms with E-state index in [9.17, 15) is 4.79 Å². The van der Waals surface area contributed by atoms with Crippen LogP contribution in [0.5, 0.6) is 0 Å². The molecule has 1 atom stereocenters. The molecule has 0 radical (unpaired) electrons. The molecule has 5 heteroatoms. The molecule has 1 unspecified atom stereocenters. The van der Waals surface area contributed by atoms with E-state index in [0.717, 1.165) is 27.7 Å². The molecule has 4 nitrogen and oxygen atoms in total. The third kappa shape index (κ3) is 3.73. The van der Waals surface area contributed by atoms with E-state index >= 15 is 0 Å². The lowest BCUT2D eigenvalue weighted by molar-refractivity contribution is 0.0941. The summed E-state index contributed by atoms with van der Waals surface area (Å²) < 4.78 is 0. The average molecular weight is 388 g/mol. The Morgan fingerprint density at radius 2 is 1.86 bits per heavy atom. The molecule has 0 aliphatic heterocycles. The summed E-state index contributed by atoms with van der Waals surface area (Å²) in [6.07, 6.45) is 3.36. The number of amides is 1. The maximum Gasteiger partial charge on any atom is 0.252 e. The van der Waals surface area contributed by atoms with Gasteiger partial charge >= 0.3 is 0 Å². The van der Waals surface area contributed by atoms with Crippen LogP contribution < -0.4 is 5.32 Å². The maximum atomic E-state index is 13.1. The second-order valence-electron chi connectivity index (χ2n) is 6.56. The van der Waals surface area contributed by atoms with Gasteiger partial charge in [0.2, 0.25) is 0 Å². The van der Waals surface area contributed by atoms with Crippen molar-refractivity contribution in [2.45, 2.75) is 13.0 Å². The Labute approximate surface area is 168 Å². The van der Waals surface area contributed by atoms with Gasteiger partial charge in [-0.2, -0.15) is 0 Å². The molecule has 0 fully saturated rings. The number of carbonyl (C=O) groups excluding carboxylic acids is 1. The Morgan fingerprint density at radius 3 is 2.64 bits per heavy atom. The van der Waals surface area contributed by atoms with Crippen molar-refractivity contribution in [3.63, 3.8) is 0 Å². The highest BCUT2D eigenvalue weighted by molar-refractivity contribution is 6.30. The third-order valence-electron chi connectivity index (χ3n) is 4.62. The predicted octanol–water partition coefficient (Wildman–Crippen LogP) is 5.44. The molecule has 1 N–H and O–H groups in total. The summed E-state index contributed by atoms with van der Waals surface area (Å²) in [7, 11) is 0. The Hall–Kier alpha value is -3.24. The molecule has 0 saturated heterocycles. The highest BCUT2D eigenvalue weighted by Gasteiger charge is 2.17. The van der Waals surface area contributed by atoms with Crippen LogP contribution in [0.3, 0.4) is 0 Å². The van der Waals surface area contributed by atoms with Gasteiger partial charge in [-0.25, -0.2) is 4.98 Å².